The summed E-state index contributed by atoms with van der Waals surface area (Å²) in [4.78, 5) is 24.0. The summed E-state index contributed by atoms with van der Waals surface area (Å²) >= 11 is 1.63. The molecule has 1 aromatic carbocycles. The number of ether oxygens (including phenoxy) is 1. The lowest BCUT2D eigenvalue weighted by Crippen LogP contribution is -2.48. The van der Waals surface area contributed by atoms with Crippen LogP contribution in [0.3, 0.4) is 0 Å². The van der Waals surface area contributed by atoms with E-state index in [1.165, 1.54) is 18.2 Å². The number of amides is 2. The molecule has 5 nitrogen and oxygen atoms in total. The molecule has 2 N–H and O–H groups in total. The van der Waals surface area contributed by atoms with Gasteiger partial charge in [0, 0.05) is 0 Å². The first-order valence-electron chi connectivity index (χ1n) is 7.87. The van der Waals surface area contributed by atoms with E-state index in [0.29, 0.717) is 6.42 Å². The highest BCUT2D eigenvalue weighted by molar-refractivity contribution is 7.98. The Morgan fingerprint density at radius 1 is 1.39 bits per heavy atom. The number of methoxy groups -OCH3 is 1. The summed E-state index contributed by atoms with van der Waals surface area (Å²) in [5.74, 6) is 0.380. The molecule has 1 aliphatic carbocycles. The lowest BCUT2D eigenvalue weighted by molar-refractivity contribution is -0.142. The molecular weight excluding hydrogens is 312 g/mol. The average Bonchev–Trinajstić information content (AvgIpc) is 2.58. The highest BCUT2D eigenvalue weighted by Crippen LogP contribution is 2.29. The molecule has 23 heavy (non-hydrogen) atoms. The molecule has 0 radical (unpaired) electrons. The number of aryl methyl sites for hydroxylation is 1. The van der Waals surface area contributed by atoms with Crippen molar-refractivity contribution in [2.24, 2.45) is 0 Å². The highest BCUT2D eigenvalue weighted by atomic mass is 32.2. The lowest BCUT2D eigenvalue weighted by Gasteiger charge is -2.27. The Balaban J connectivity index is 1.97. The van der Waals surface area contributed by atoms with Crippen LogP contribution < -0.4 is 10.6 Å². The molecule has 0 unspecified atom stereocenters. The van der Waals surface area contributed by atoms with E-state index in [1.807, 2.05) is 18.4 Å². The first-order valence-corrected chi connectivity index (χ1v) is 9.26. The van der Waals surface area contributed by atoms with E-state index in [9.17, 15) is 9.59 Å². The van der Waals surface area contributed by atoms with E-state index in [2.05, 4.69) is 22.8 Å². The predicted molar refractivity (Wildman–Crippen MR) is 92.6 cm³/mol. The van der Waals surface area contributed by atoms with Gasteiger partial charge >= 0.3 is 12.0 Å². The summed E-state index contributed by atoms with van der Waals surface area (Å²) in [6.07, 6.45) is 5.54. The van der Waals surface area contributed by atoms with Gasteiger partial charge in [0.05, 0.1) is 13.2 Å². The van der Waals surface area contributed by atoms with E-state index in [0.717, 1.165) is 25.0 Å². The van der Waals surface area contributed by atoms with Crippen molar-refractivity contribution < 1.29 is 14.3 Å². The zero-order chi connectivity index (χ0) is 16.7. The van der Waals surface area contributed by atoms with Crippen LogP contribution in [0, 0.1) is 0 Å². The maximum Gasteiger partial charge on any atom is 0.328 e. The third-order valence-electron chi connectivity index (χ3n) is 4.08. The molecule has 0 fully saturated rings. The van der Waals surface area contributed by atoms with Crippen molar-refractivity contribution >= 4 is 23.8 Å². The Bertz CT molecular complexity index is 550. The molecule has 0 aliphatic heterocycles. The normalized spacial score (nSPS) is 17.7. The highest BCUT2D eigenvalue weighted by Gasteiger charge is 2.25. The van der Waals surface area contributed by atoms with Crippen LogP contribution in [0.1, 0.15) is 36.4 Å². The quantitative estimate of drug-likeness (QED) is 0.784. The zero-order valence-electron chi connectivity index (χ0n) is 13.6. The number of hydrogen-bond acceptors (Lipinski definition) is 4. The predicted octanol–water partition coefficient (Wildman–Crippen LogP) is 2.66. The smallest absolute Gasteiger partial charge is 0.328 e. The molecule has 0 saturated carbocycles. The summed E-state index contributed by atoms with van der Waals surface area (Å²) < 4.78 is 4.77. The van der Waals surface area contributed by atoms with Gasteiger partial charge in [-0.3, -0.25) is 0 Å². The van der Waals surface area contributed by atoms with E-state index in [1.54, 1.807) is 11.8 Å². The number of thioether (sulfide) groups is 1. The summed E-state index contributed by atoms with van der Waals surface area (Å²) in [5, 5.41) is 5.74. The van der Waals surface area contributed by atoms with E-state index >= 15 is 0 Å². The Morgan fingerprint density at radius 2 is 2.17 bits per heavy atom. The largest absolute Gasteiger partial charge is 0.467 e. The Hall–Kier alpha value is -1.69. The van der Waals surface area contributed by atoms with Crippen LogP contribution in [0.25, 0.3) is 0 Å². The fourth-order valence-corrected chi connectivity index (χ4v) is 3.36. The number of nitrogens with one attached hydrogen (secondary N) is 2. The molecular formula is C17H24N2O3S. The minimum absolute atomic E-state index is 0.00111. The minimum Gasteiger partial charge on any atom is -0.467 e. The fraction of sp³-hybridized carbons (Fsp3) is 0.529. The van der Waals surface area contributed by atoms with Gasteiger partial charge in [-0.1, -0.05) is 24.3 Å². The SMILES string of the molecule is COC(=O)[C@@H](CCSC)NC(=O)N[C@@H]1CCCc2ccccc21. The molecule has 0 bridgehead atoms. The molecule has 1 aliphatic rings. The molecule has 0 spiro atoms. The molecule has 0 heterocycles. The van der Waals surface area contributed by atoms with Crippen molar-refractivity contribution in [3.05, 3.63) is 35.4 Å². The van der Waals surface area contributed by atoms with Gasteiger partial charge < -0.3 is 15.4 Å². The number of esters is 1. The molecule has 1 aromatic rings. The van der Waals surface area contributed by atoms with Gasteiger partial charge in [-0.15, -0.1) is 0 Å². The van der Waals surface area contributed by atoms with Gasteiger partial charge in [-0.05, 0) is 48.8 Å². The number of hydrogen-bond donors (Lipinski definition) is 2. The number of fused-ring (bicyclic) bond motifs is 1. The summed E-state index contributed by atoms with van der Waals surface area (Å²) in [7, 11) is 1.34. The first-order chi connectivity index (χ1) is 11.2. The lowest BCUT2D eigenvalue weighted by atomic mass is 9.88. The Kier molecular flexibility index (Phi) is 6.77. The second-order valence-electron chi connectivity index (χ2n) is 5.62. The molecule has 2 rings (SSSR count). The molecule has 2 amide bonds. The standard InChI is InChI=1S/C17H24N2O3S/c1-22-16(20)15(10-11-23-2)19-17(21)18-14-9-5-7-12-6-3-4-8-13(12)14/h3-4,6,8,14-15H,5,7,9-11H2,1-2H3,(H2,18,19,21)/t14-,15-/m1/s1. The number of benzene rings is 1. The van der Waals surface area contributed by atoms with Gasteiger partial charge in [0.25, 0.3) is 0 Å². The number of urea groups is 1. The van der Waals surface area contributed by atoms with Crippen LogP contribution in [0.5, 0.6) is 0 Å². The van der Waals surface area contributed by atoms with Crippen molar-refractivity contribution in [2.75, 3.05) is 19.1 Å². The first kappa shape index (κ1) is 17.7. The maximum absolute atomic E-state index is 12.3. The molecule has 6 heteroatoms. The van der Waals surface area contributed by atoms with Crippen molar-refractivity contribution in [1.29, 1.82) is 0 Å². The third-order valence-corrected chi connectivity index (χ3v) is 4.72. The summed E-state index contributed by atoms with van der Waals surface area (Å²) in [5.41, 5.74) is 2.46. The fourth-order valence-electron chi connectivity index (χ4n) is 2.89. The number of carbonyl (C=O) groups is 2. The molecule has 2 atom stereocenters. The van der Waals surface area contributed by atoms with Crippen LogP contribution in [0.4, 0.5) is 4.79 Å². The molecule has 0 saturated heterocycles. The number of rotatable bonds is 6. The van der Waals surface area contributed by atoms with Gasteiger partial charge in [0.2, 0.25) is 0 Å². The molecule has 0 aromatic heterocycles. The topological polar surface area (TPSA) is 67.4 Å². The van der Waals surface area contributed by atoms with Crippen molar-refractivity contribution in [3.8, 4) is 0 Å². The van der Waals surface area contributed by atoms with Gasteiger partial charge in [-0.2, -0.15) is 11.8 Å². The van der Waals surface area contributed by atoms with Crippen LogP contribution in [0.15, 0.2) is 24.3 Å². The van der Waals surface area contributed by atoms with E-state index < -0.39 is 12.0 Å². The van der Waals surface area contributed by atoms with Crippen LogP contribution in [-0.4, -0.2) is 37.2 Å². The number of carbonyl (C=O) groups excluding carboxylic acids is 2. The second kappa shape index (κ2) is 8.82. The van der Waals surface area contributed by atoms with Crippen LogP contribution >= 0.6 is 11.8 Å². The summed E-state index contributed by atoms with van der Waals surface area (Å²) in [6.45, 7) is 0. The second-order valence-corrected chi connectivity index (χ2v) is 6.60. The third kappa shape index (κ3) is 4.89. The maximum atomic E-state index is 12.3. The van der Waals surface area contributed by atoms with Gasteiger partial charge in [-0.25, -0.2) is 9.59 Å². The van der Waals surface area contributed by atoms with E-state index in [4.69, 9.17) is 4.74 Å². The Labute approximate surface area is 141 Å². The van der Waals surface area contributed by atoms with Crippen molar-refractivity contribution in [3.63, 3.8) is 0 Å². The van der Waals surface area contributed by atoms with Crippen LogP contribution in [-0.2, 0) is 16.0 Å². The van der Waals surface area contributed by atoms with Crippen molar-refractivity contribution in [2.45, 2.75) is 37.8 Å². The van der Waals surface area contributed by atoms with Crippen LogP contribution in [0.2, 0.25) is 0 Å². The molecule has 126 valence electrons. The minimum atomic E-state index is -0.605. The summed E-state index contributed by atoms with van der Waals surface area (Å²) in [6, 6.07) is 7.26. The van der Waals surface area contributed by atoms with Gasteiger partial charge in [0.1, 0.15) is 6.04 Å². The van der Waals surface area contributed by atoms with Crippen molar-refractivity contribution in [1.82, 2.24) is 10.6 Å². The average molecular weight is 336 g/mol. The monoisotopic (exact) mass is 336 g/mol. The van der Waals surface area contributed by atoms with Gasteiger partial charge in [0.15, 0.2) is 0 Å². The zero-order valence-corrected chi connectivity index (χ0v) is 14.4. The van der Waals surface area contributed by atoms with E-state index in [-0.39, 0.29) is 12.1 Å². The Morgan fingerprint density at radius 3 is 2.91 bits per heavy atom.